The van der Waals surface area contributed by atoms with Crippen molar-refractivity contribution in [3.05, 3.63) is 107 Å². The van der Waals surface area contributed by atoms with Crippen molar-refractivity contribution in [1.29, 1.82) is 0 Å². The molecule has 0 bridgehead atoms. The van der Waals surface area contributed by atoms with Gasteiger partial charge in [-0.15, -0.1) is 12.6 Å². The topological polar surface area (TPSA) is 26.3 Å². The number of thiol groups is 1. The van der Waals surface area contributed by atoms with E-state index in [0.717, 1.165) is 11.1 Å². The minimum absolute atomic E-state index is 0.185. The molecule has 0 aromatic heterocycles. The zero-order valence-electron chi connectivity index (χ0n) is 15.6. The largest absolute Gasteiger partial charge is 0.472 e. The van der Waals surface area contributed by atoms with Crippen LogP contribution in [-0.4, -0.2) is 10.2 Å². The monoisotopic (exact) mass is 428 g/mol. The summed E-state index contributed by atoms with van der Waals surface area (Å²) < 4.78 is 5.94. The van der Waals surface area contributed by atoms with Crippen LogP contribution in [0.15, 0.2) is 84.9 Å². The number of rotatable bonds is 4. The summed E-state index contributed by atoms with van der Waals surface area (Å²) in [5, 5.41) is 1.03. The highest BCUT2D eigenvalue weighted by Gasteiger charge is 2.24. The number of hydrogen-bond donors (Lipinski definition) is 1. The van der Waals surface area contributed by atoms with Crippen molar-refractivity contribution >= 4 is 46.6 Å². The van der Waals surface area contributed by atoms with E-state index in [-0.39, 0.29) is 5.12 Å². The van der Waals surface area contributed by atoms with Gasteiger partial charge in [-0.05, 0) is 43.8 Å². The summed E-state index contributed by atoms with van der Waals surface area (Å²) in [6.07, 6.45) is 0. The lowest BCUT2D eigenvalue weighted by Gasteiger charge is -2.27. The van der Waals surface area contributed by atoms with Crippen molar-refractivity contribution in [2.24, 2.45) is 0 Å². The Morgan fingerprint density at radius 2 is 1.32 bits per heavy atom. The number of carbonyl (C=O) groups is 1. The van der Waals surface area contributed by atoms with Gasteiger partial charge in [0.2, 0.25) is 5.12 Å². The van der Waals surface area contributed by atoms with Gasteiger partial charge >= 0.3 is 0 Å². The van der Waals surface area contributed by atoms with E-state index in [9.17, 15) is 4.79 Å². The number of hydrogen-bond acceptors (Lipinski definition) is 3. The highest BCUT2D eigenvalue weighted by atomic mass is 35.5. The van der Waals surface area contributed by atoms with Crippen LogP contribution in [0.2, 0.25) is 5.02 Å². The van der Waals surface area contributed by atoms with E-state index in [4.69, 9.17) is 28.6 Å². The Morgan fingerprint density at radius 3 is 1.75 bits per heavy atom. The molecule has 0 spiro atoms. The average Bonchev–Trinajstić information content (AvgIpc) is 2.70. The lowest BCUT2D eigenvalue weighted by molar-refractivity contribution is 0.0999. The normalized spacial score (nSPS) is 10.4. The number of benzene rings is 3. The van der Waals surface area contributed by atoms with E-state index < -0.39 is 5.60 Å². The predicted octanol–water partition coefficient (Wildman–Crippen LogP) is 6.72. The second-order valence-electron chi connectivity index (χ2n) is 6.44. The molecule has 0 N–H and O–H groups in total. The van der Waals surface area contributed by atoms with Crippen LogP contribution in [0.3, 0.4) is 0 Å². The Hall–Kier alpha value is -2.14. The molecule has 0 saturated heterocycles. The number of carbonyl (C=O) groups excluding carboxylic acids is 1. The molecule has 0 radical (unpaired) electrons. The molecule has 144 valence electrons. The summed E-state index contributed by atoms with van der Waals surface area (Å²) >= 11 is 14.9. The fourth-order valence-electron chi connectivity index (χ4n) is 2.36. The fraction of sp³-hybridized carbons (Fsp3) is 0.130. The smallest absolute Gasteiger partial charge is 0.216 e. The summed E-state index contributed by atoms with van der Waals surface area (Å²) in [5.41, 5.74) is 2.10. The van der Waals surface area contributed by atoms with Gasteiger partial charge in [0.05, 0.1) is 0 Å². The molecule has 0 saturated carbocycles. The van der Waals surface area contributed by atoms with E-state index in [2.05, 4.69) is 12.6 Å². The molecule has 3 aromatic carbocycles. The summed E-state index contributed by atoms with van der Waals surface area (Å²) in [5.74, 6) is 0. The zero-order chi connectivity index (χ0) is 20.6. The molecular weight excluding hydrogens is 408 g/mol. The highest BCUT2D eigenvalue weighted by molar-refractivity contribution is 7.97. The Labute approximate surface area is 181 Å². The van der Waals surface area contributed by atoms with Gasteiger partial charge in [0.15, 0.2) is 5.05 Å². The zero-order valence-corrected chi connectivity index (χ0v) is 18.1. The Bertz CT molecular complexity index is 908. The van der Waals surface area contributed by atoms with Gasteiger partial charge in [-0.3, -0.25) is 4.79 Å². The molecule has 0 aliphatic rings. The third kappa shape index (κ3) is 6.79. The molecule has 0 aliphatic heterocycles. The van der Waals surface area contributed by atoms with Crippen LogP contribution in [0, 0.1) is 0 Å². The summed E-state index contributed by atoms with van der Waals surface area (Å²) in [6.45, 7) is 3.98. The van der Waals surface area contributed by atoms with E-state index in [1.54, 1.807) is 12.1 Å². The van der Waals surface area contributed by atoms with Crippen molar-refractivity contribution in [3.63, 3.8) is 0 Å². The first kappa shape index (κ1) is 22.2. The standard InChI is InChI=1S/C16H15ClOS.C7H6OS/c1-16(2,13-8-10-14(17)11-9-13)18-15(19)12-6-4-3-5-7-12;8-7(9)6-4-2-1-3-5-6/h3-11H,1-2H3;1-5H,(H,8,9). The highest BCUT2D eigenvalue weighted by Crippen LogP contribution is 2.27. The van der Waals surface area contributed by atoms with Gasteiger partial charge < -0.3 is 4.74 Å². The lowest BCUT2D eigenvalue weighted by Crippen LogP contribution is -2.25. The third-order valence-corrected chi connectivity index (χ3v) is 4.75. The molecular formula is C23H21ClO2S2. The van der Waals surface area contributed by atoms with Crippen molar-refractivity contribution in [3.8, 4) is 0 Å². The number of halogens is 1. The van der Waals surface area contributed by atoms with Gasteiger partial charge in [-0.25, -0.2) is 0 Å². The van der Waals surface area contributed by atoms with Crippen LogP contribution in [0.25, 0.3) is 0 Å². The second-order valence-corrected chi connectivity index (χ2v) is 7.66. The van der Waals surface area contributed by atoms with Crippen molar-refractivity contribution in [2.75, 3.05) is 0 Å². The first-order chi connectivity index (χ1) is 13.3. The van der Waals surface area contributed by atoms with E-state index >= 15 is 0 Å². The van der Waals surface area contributed by atoms with Gasteiger partial charge in [-0.2, -0.15) is 0 Å². The van der Waals surface area contributed by atoms with Crippen LogP contribution in [0.5, 0.6) is 0 Å². The lowest BCUT2D eigenvalue weighted by atomic mass is 9.98. The number of thiocarbonyl (C=S) groups is 1. The number of ether oxygens (including phenoxy) is 1. The van der Waals surface area contributed by atoms with E-state index in [0.29, 0.717) is 15.6 Å². The third-order valence-electron chi connectivity index (χ3n) is 3.92. The average molecular weight is 429 g/mol. The Balaban J connectivity index is 0.000000261. The molecule has 2 nitrogen and oxygen atoms in total. The van der Waals surface area contributed by atoms with Crippen LogP contribution >= 0.6 is 36.4 Å². The van der Waals surface area contributed by atoms with Gasteiger partial charge in [0.25, 0.3) is 0 Å². The van der Waals surface area contributed by atoms with E-state index in [1.165, 1.54) is 0 Å². The van der Waals surface area contributed by atoms with Gasteiger partial charge in [-0.1, -0.05) is 84.4 Å². The van der Waals surface area contributed by atoms with Crippen molar-refractivity contribution < 1.29 is 9.53 Å². The summed E-state index contributed by atoms with van der Waals surface area (Å²) in [7, 11) is 0. The first-order valence-corrected chi connectivity index (χ1v) is 9.86. The van der Waals surface area contributed by atoms with Crippen molar-refractivity contribution in [1.82, 2.24) is 0 Å². The molecule has 5 heteroatoms. The Morgan fingerprint density at radius 1 is 0.857 bits per heavy atom. The molecule has 0 unspecified atom stereocenters. The summed E-state index contributed by atoms with van der Waals surface area (Å²) in [4.78, 5) is 10.5. The first-order valence-electron chi connectivity index (χ1n) is 8.62. The van der Waals surface area contributed by atoms with Gasteiger partial charge in [0.1, 0.15) is 5.60 Å². The molecule has 3 aromatic rings. The molecule has 0 amide bonds. The second kappa shape index (κ2) is 10.4. The SMILES string of the molecule is CC(C)(OC(=S)c1ccccc1)c1ccc(Cl)cc1.O=C(S)c1ccccc1. The van der Waals surface area contributed by atoms with Crippen molar-refractivity contribution in [2.45, 2.75) is 19.4 Å². The van der Waals surface area contributed by atoms with E-state index in [1.807, 2.05) is 86.6 Å². The van der Waals surface area contributed by atoms with Gasteiger partial charge in [0, 0.05) is 16.1 Å². The molecule has 0 aliphatic carbocycles. The maximum absolute atomic E-state index is 10.5. The molecule has 28 heavy (non-hydrogen) atoms. The fourth-order valence-corrected chi connectivity index (χ4v) is 2.98. The summed E-state index contributed by atoms with van der Waals surface area (Å²) in [6, 6.07) is 26.3. The quantitative estimate of drug-likeness (QED) is 0.368. The molecule has 0 fully saturated rings. The van der Waals surface area contributed by atoms with Crippen LogP contribution in [0.4, 0.5) is 0 Å². The van der Waals surface area contributed by atoms with Crippen LogP contribution in [0.1, 0.15) is 35.3 Å². The molecule has 3 rings (SSSR count). The van der Waals surface area contributed by atoms with Crippen LogP contribution < -0.4 is 0 Å². The maximum Gasteiger partial charge on any atom is 0.216 e. The Kier molecular flexibility index (Phi) is 8.24. The minimum atomic E-state index is -0.489. The maximum atomic E-state index is 10.5. The minimum Gasteiger partial charge on any atom is -0.472 e. The molecule has 0 atom stereocenters. The van der Waals surface area contributed by atoms with Crippen LogP contribution in [-0.2, 0) is 10.3 Å². The molecule has 0 heterocycles. The predicted molar refractivity (Wildman–Crippen MR) is 123 cm³/mol.